The summed E-state index contributed by atoms with van der Waals surface area (Å²) in [5.41, 5.74) is 2.98. The van der Waals surface area contributed by atoms with Gasteiger partial charge in [0.2, 0.25) is 5.91 Å². The maximum absolute atomic E-state index is 13.4. The summed E-state index contributed by atoms with van der Waals surface area (Å²) in [4.78, 5) is 40.1. The first kappa shape index (κ1) is 23.4. The summed E-state index contributed by atoms with van der Waals surface area (Å²) >= 11 is 2.79. The van der Waals surface area contributed by atoms with Crippen molar-refractivity contribution in [2.45, 2.75) is 57.8 Å². The van der Waals surface area contributed by atoms with Crippen LogP contribution in [0.5, 0.6) is 0 Å². The number of rotatable bonds is 5. The highest BCUT2D eigenvalue weighted by Crippen LogP contribution is 2.31. The van der Waals surface area contributed by atoms with Gasteiger partial charge in [0, 0.05) is 32.2 Å². The van der Waals surface area contributed by atoms with E-state index in [1.807, 2.05) is 24.8 Å². The Kier molecular flexibility index (Phi) is 6.66. The van der Waals surface area contributed by atoms with Gasteiger partial charge < -0.3 is 9.80 Å². The maximum Gasteiger partial charge on any atom is 0.274 e. The third-order valence-corrected chi connectivity index (χ3v) is 8.83. The molecule has 2 aliphatic heterocycles. The molecule has 3 aromatic rings. The number of carbonyl (C=O) groups is 1. The van der Waals surface area contributed by atoms with E-state index in [1.165, 1.54) is 34.2 Å². The molecule has 0 bridgehead atoms. The van der Waals surface area contributed by atoms with Crippen molar-refractivity contribution >= 4 is 44.5 Å². The van der Waals surface area contributed by atoms with Gasteiger partial charge in [-0.3, -0.25) is 14.2 Å². The summed E-state index contributed by atoms with van der Waals surface area (Å²) in [5, 5.41) is 1.45. The van der Waals surface area contributed by atoms with Crippen molar-refractivity contribution < 1.29 is 4.79 Å². The van der Waals surface area contributed by atoms with Crippen molar-refractivity contribution in [3.05, 3.63) is 45.7 Å². The summed E-state index contributed by atoms with van der Waals surface area (Å²) < 4.78 is 2.32. The third-order valence-electron chi connectivity index (χ3n) is 6.80. The minimum atomic E-state index is -0.0593. The topological polar surface area (TPSA) is 71.3 Å². The number of amides is 1. The summed E-state index contributed by atoms with van der Waals surface area (Å²) in [6.07, 6.45) is 3.16. The van der Waals surface area contributed by atoms with Gasteiger partial charge in [-0.15, -0.1) is 0 Å². The Bertz CT molecular complexity index is 1260. The minimum Gasteiger partial charge on any atom is -0.348 e. The molecule has 0 N–H and O–H groups in total. The smallest absolute Gasteiger partial charge is 0.274 e. The van der Waals surface area contributed by atoms with E-state index in [0.29, 0.717) is 22.0 Å². The van der Waals surface area contributed by atoms with Crippen molar-refractivity contribution in [1.29, 1.82) is 0 Å². The second-order valence-electron chi connectivity index (χ2n) is 9.60. The number of piperidine rings is 1. The van der Waals surface area contributed by atoms with E-state index in [0.717, 1.165) is 49.9 Å². The van der Waals surface area contributed by atoms with Gasteiger partial charge in [0.25, 0.3) is 5.56 Å². The normalized spacial score (nSPS) is 16.9. The molecule has 0 radical (unpaired) electrons. The first-order valence-electron chi connectivity index (χ1n) is 12.1. The molecule has 4 heterocycles. The molecular formula is C25H31N5O2S2. The lowest BCUT2D eigenvalue weighted by Crippen LogP contribution is -2.37. The molecule has 2 aromatic heterocycles. The molecule has 0 aliphatic carbocycles. The number of thioether (sulfide) groups is 1. The molecule has 1 amide bonds. The average molecular weight is 498 g/mol. The monoisotopic (exact) mass is 497 g/mol. The van der Waals surface area contributed by atoms with Crippen LogP contribution in [-0.2, 0) is 17.8 Å². The molecule has 0 saturated carbocycles. The summed E-state index contributed by atoms with van der Waals surface area (Å²) in [6.45, 7) is 9.55. The summed E-state index contributed by atoms with van der Waals surface area (Å²) in [7, 11) is 0. The van der Waals surface area contributed by atoms with Crippen molar-refractivity contribution in [2.24, 2.45) is 5.92 Å². The zero-order valence-electron chi connectivity index (χ0n) is 20.0. The van der Waals surface area contributed by atoms with Gasteiger partial charge >= 0.3 is 0 Å². The summed E-state index contributed by atoms with van der Waals surface area (Å²) in [6, 6.07) is 8.25. The molecule has 2 aliphatic rings. The first-order valence-corrected chi connectivity index (χ1v) is 13.9. The van der Waals surface area contributed by atoms with E-state index in [9.17, 15) is 9.59 Å². The minimum absolute atomic E-state index is 0.0507. The largest absolute Gasteiger partial charge is 0.348 e. The lowest BCUT2D eigenvalue weighted by Gasteiger charge is -2.29. The second kappa shape index (κ2) is 9.70. The number of anilines is 1. The van der Waals surface area contributed by atoms with Crippen LogP contribution in [-0.4, -0.2) is 50.7 Å². The van der Waals surface area contributed by atoms with E-state index in [1.54, 1.807) is 4.57 Å². The highest BCUT2D eigenvalue weighted by molar-refractivity contribution is 7.99. The van der Waals surface area contributed by atoms with Crippen molar-refractivity contribution in [3.8, 4) is 0 Å². The van der Waals surface area contributed by atoms with E-state index in [-0.39, 0.29) is 23.3 Å². The standard InChI is InChI=1S/C25H31N5O2S2/c1-16(2)30-23(32)21-22(26-24(34-21)28-11-8-17(3)9-12-28)27-25(30)33-15-20(31)29-13-10-18-6-4-5-7-19(18)14-29/h4-7,16-17H,8-15H2,1-3H3. The lowest BCUT2D eigenvalue weighted by atomic mass is 10.00. The van der Waals surface area contributed by atoms with E-state index >= 15 is 0 Å². The Morgan fingerprint density at radius 1 is 1.15 bits per heavy atom. The molecule has 5 rings (SSSR count). The fourth-order valence-electron chi connectivity index (χ4n) is 4.68. The molecule has 1 aromatic carbocycles. The number of nitrogens with zero attached hydrogens (tertiary/aromatic N) is 5. The van der Waals surface area contributed by atoms with Crippen LogP contribution in [0.25, 0.3) is 10.3 Å². The molecule has 0 spiro atoms. The van der Waals surface area contributed by atoms with Gasteiger partial charge in [-0.25, -0.2) is 4.98 Å². The van der Waals surface area contributed by atoms with E-state index in [2.05, 4.69) is 30.0 Å². The van der Waals surface area contributed by atoms with Gasteiger partial charge in [0.1, 0.15) is 4.70 Å². The van der Waals surface area contributed by atoms with Gasteiger partial charge in [0.05, 0.1) is 5.75 Å². The Morgan fingerprint density at radius 3 is 2.62 bits per heavy atom. The van der Waals surface area contributed by atoms with Crippen LogP contribution in [0.1, 0.15) is 50.8 Å². The number of hydrogen-bond donors (Lipinski definition) is 0. The van der Waals surface area contributed by atoms with Crippen LogP contribution < -0.4 is 10.5 Å². The second-order valence-corrected chi connectivity index (χ2v) is 11.5. The number of hydrogen-bond acceptors (Lipinski definition) is 7. The van der Waals surface area contributed by atoms with Crippen LogP contribution in [0, 0.1) is 5.92 Å². The van der Waals surface area contributed by atoms with Gasteiger partial charge in [0.15, 0.2) is 15.9 Å². The van der Waals surface area contributed by atoms with Gasteiger partial charge in [-0.05, 0) is 50.2 Å². The van der Waals surface area contributed by atoms with Crippen LogP contribution >= 0.6 is 23.1 Å². The summed E-state index contributed by atoms with van der Waals surface area (Å²) in [5.74, 6) is 1.06. The van der Waals surface area contributed by atoms with Gasteiger partial charge in [-0.1, -0.05) is 54.3 Å². The Balaban J connectivity index is 1.36. The highest BCUT2D eigenvalue weighted by atomic mass is 32.2. The van der Waals surface area contributed by atoms with Crippen molar-refractivity contribution in [1.82, 2.24) is 19.4 Å². The Morgan fingerprint density at radius 2 is 1.88 bits per heavy atom. The van der Waals surface area contributed by atoms with Crippen molar-refractivity contribution in [2.75, 3.05) is 30.3 Å². The number of aromatic nitrogens is 3. The first-order chi connectivity index (χ1) is 16.4. The van der Waals surface area contributed by atoms with E-state index < -0.39 is 0 Å². The molecule has 7 nitrogen and oxygen atoms in total. The molecule has 9 heteroatoms. The number of thiazole rings is 1. The van der Waals surface area contributed by atoms with Crippen LogP contribution in [0.4, 0.5) is 5.13 Å². The fraction of sp³-hybridized carbons (Fsp3) is 0.520. The molecule has 1 fully saturated rings. The van der Waals surface area contributed by atoms with E-state index in [4.69, 9.17) is 9.97 Å². The fourth-order valence-corrected chi connectivity index (χ4v) is 6.69. The van der Waals surface area contributed by atoms with Crippen LogP contribution in [0.15, 0.2) is 34.2 Å². The predicted molar refractivity (Wildman–Crippen MR) is 139 cm³/mol. The molecular weight excluding hydrogens is 466 g/mol. The van der Waals surface area contributed by atoms with Crippen LogP contribution in [0.2, 0.25) is 0 Å². The lowest BCUT2D eigenvalue weighted by molar-refractivity contribution is -0.129. The molecule has 0 atom stereocenters. The van der Waals surface area contributed by atoms with Gasteiger partial charge in [-0.2, -0.15) is 4.98 Å². The SMILES string of the molecule is CC1CCN(c2nc3nc(SCC(=O)N4CCc5ccccc5C4)n(C(C)C)c(=O)c3s2)CC1. The quantitative estimate of drug-likeness (QED) is 0.386. The Hall–Kier alpha value is -2.39. The maximum atomic E-state index is 13.4. The Labute approximate surface area is 208 Å². The molecule has 180 valence electrons. The highest BCUT2D eigenvalue weighted by Gasteiger charge is 2.24. The van der Waals surface area contributed by atoms with Crippen molar-refractivity contribution in [3.63, 3.8) is 0 Å². The molecule has 0 unspecified atom stereocenters. The third kappa shape index (κ3) is 4.60. The zero-order chi connectivity index (χ0) is 23.8. The zero-order valence-corrected chi connectivity index (χ0v) is 21.6. The predicted octanol–water partition coefficient (Wildman–Crippen LogP) is 4.35. The molecule has 1 saturated heterocycles. The average Bonchev–Trinajstić information content (AvgIpc) is 3.27. The number of benzene rings is 1. The van der Waals surface area contributed by atoms with Crippen LogP contribution in [0.3, 0.4) is 0 Å². The number of fused-ring (bicyclic) bond motifs is 2. The number of carbonyl (C=O) groups excluding carboxylic acids is 1. The molecule has 34 heavy (non-hydrogen) atoms.